The van der Waals surface area contributed by atoms with E-state index < -0.39 is 0 Å². The number of para-hydroxylation sites is 1. The second-order valence-electron chi connectivity index (χ2n) is 11.8. The van der Waals surface area contributed by atoms with E-state index in [0.717, 1.165) is 22.1 Å². The zero-order valence-electron chi connectivity index (χ0n) is 27.8. The van der Waals surface area contributed by atoms with Crippen LogP contribution in [0.4, 0.5) is 0 Å². The molecular weight excluding hydrogens is 583 g/mol. The Balaban J connectivity index is 0.000000210. The number of hydrogen-bond acceptors (Lipinski definition) is 2. The van der Waals surface area contributed by atoms with Crippen LogP contribution in [0.25, 0.3) is 55.3 Å². The third-order valence-corrected chi connectivity index (χ3v) is 8.80. The Bertz CT molecular complexity index is 2180. The molecule has 1 heterocycles. The molecule has 0 fully saturated rings. The van der Waals surface area contributed by atoms with Crippen molar-refractivity contribution in [2.75, 3.05) is 7.05 Å². The number of fused-ring (bicyclic) bond motifs is 3. The van der Waals surface area contributed by atoms with Crippen molar-refractivity contribution in [3.05, 3.63) is 193 Å². The smallest absolute Gasteiger partial charge is 0.138 e. The maximum atomic E-state index is 6.22. The Morgan fingerprint density at radius 2 is 0.917 bits per heavy atom. The first-order valence-corrected chi connectivity index (χ1v) is 16.5. The van der Waals surface area contributed by atoms with Crippen LogP contribution >= 0.6 is 0 Å². The van der Waals surface area contributed by atoms with Gasteiger partial charge in [-0.1, -0.05) is 165 Å². The molecule has 2 nitrogen and oxygen atoms in total. The fourth-order valence-corrected chi connectivity index (χ4v) is 6.25. The van der Waals surface area contributed by atoms with Gasteiger partial charge in [-0.15, -0.1) is 0 Å². The van der Waals surface area contributed by atoms with E-state index >= 15 is 0 Å². The molecule has 0 aliphatic rings. The van der Waals surface area contributed by atoms with Crippen molar-refractivity contribution < 1.29 is 4.42 Å². The van der Waals surface area contributed by atoms with Gasteiger partial charge in [-0.05, 0) is 82.2 Å². The average Bonchev–Trinajstić information content (AvgIpc) is 3.58. The van der Waals surface area contributed by atoms with Gasteiger partial charge in [0.15, 0.2) is 0 Å². The van der Waals surface area contributed by atoms with E-state index in [1.165, 1.54) is 56.9 Å². The molecule has 8 rings (SSSR count). The molecule has 2 N–H and O–H groups in total. The van der Waals surface area contributed by atoms with Crippen molar-refractivity contribution in [2.45, 2.75) is 19.8 Å². The highest BCUT2D eigenvalue weighted by molar-refractivity contribution is 6.13. The lowest BCUT2D eigenvalue weighted by atomic mass is 9.93. The lowest BCUT2D eigenvalue weighted by molar-refractivity contribution is 0.666. The van der Waals surface area contributed by atoms with Gasteiger partial charge in [-0.2, -0.15) is 0 Å². The largest absolute Gasteiger partial charge is 0.456 e. The summed E-state index contributed by atoms with van der Waals surface area (Å²) in [7, 11) is 1.50. The molecule has 8 aromatic rings. The Morgan fingerprint density at radius 3 is 1.52 bits per heavy atom. The summed E-state index contributed by atoms with van der Waals surface area (Å²) >= 11 is 0. The average molecular weight is 624 g/mol. The van der Waals surface area contributed by atoms with Gasteiger partial charge in [0.2, 0.25) is 0 Å². The van der Waals surface area contributed by atoms with Crippen molar-refractivity contribution in [1.29, 1.82) is 0 Å². The number of benzene rings is 7. The van der Waals surface area contributed by atoms with Gasteiger partial charge in [0, 0.05) is 16.7 Å². The molecule has 0 bridgehead atoms. The molecule has 0 spiro atoms. The minimum atomic E-state index is 0.484. The molecule has 0 unspecified atom stereocenters. The Kier molecular flexibility index (Phi) is 10.3. The lowest BCUT2D eigenvalue weighted by Crippen LogP contribution is -1.94. The van der Waals surface area contributed by atoms with Crippen molar-refractivity contribution in [1.82, 2.24) is 0 Å². The minimum absolute atomic E-state index is 0.484. The Hall–Kier alpha value is -5.70. The third-order valence-electron chi connectivity index (χ3n) is 8.80. The summed E-state index contributed by atoms with van der Waals surface area (Å²) in [5.74, 6) is 0.484. The summed E-state index contributed by atoms with van der Waals surface area (Å²) in [6.45, 7) is 4.35. The van der Waals surface area contributed by atoms with Crippen LogP contribution in [-0.2, 0) is 0 Å². The van der Waals surface area contributed by atoms with Gasteiger partial charge in [-0.25, -0.2) is 0 Å². The van der Waals surface area contributed by atoms with E-state index in [1.807, 2.05) is 12.1 Å². The summed E-state index contributed by atoms with van der Waals surface area (Å²) in [6, 6.07) is 62.0. The maximum Gasteiger partial charge on any atom is 0.138 e. The van der Waals surface area contributed by atoms with Gasteiger partial charge in [0.25, 0.3) is 0 Å². The second-order valence-corrected chi connectivity index (χ2v) is 11.8. The topological polar surface area (TPSA) is 39.2 Å². The minimum Gasteiger partial charge on any atom is -0.456 e. The molecule has 48 heavy (non-hydrogen) atoms. The highest BCUT2D eigenvalue weighted by atomic mass is 16.3. The predicted molar refractivity (Wildman–Crippen MR) is 205 cm³/mol. The first-order valence-electron chi connectivity index (χ1n) is 16.5. The van der Waals surface area contributed by atoms with Crippen LogP contribution in [0.5, 0.6) is 0 Å². The summed E-state index contributed by atoms with van der Waals surface area (Å²) in [4.78, 5) is 0. The van der Waals surface area contributed by atoms with Gasteiger partial charge < -0.3 is 10.2 Å². The number of hydrogen-bond donors (Lipinski definition) is 1. The highest BCUT2D eigenvalue weighted by Crippen LogP contribution is 2.39. The number of nitrogens with two attached hydrogens (primary N) is 1. The zero-order valence-corrected chi connectivity index (χ0v) is 27.8. The van der Waals surface area contributed by atoms with Crippen molar-refractivity contribution >= 4 is 21.9 Å². The van der Waals surface area contributed by atoms with Crippen LogP contribution < -0.4 is 5.73 Å². The molecule has 0 saturated heterocycles. The van der Waals surface area contributed by atoms with E-state index in [4.69, 9.17) is 4.42 Å². The summed E-state index contributed by atoms with van der Waals surface area (Å²) in [5.41, 5.74) is 17.6. The van der Waals surface area contributed by atoms with Crippen LogP contribution in [0.3, 0.4) is 0 Å². The molecule has 0 saturated carbocycles. The summed E-state index contributed by atoms with van der Waals surface area (Å²) < 4.78 is 6.22. The molecule has 0 atom stereocenters. The van der Waals surface area contributed by atoms with E-state index in [2.05, 4.69) is 183 Å². The first kappa shape index (κ1) is 32.2. The predicted octanol–water partition coefficient (Wildman–Crippen LogP) is 12.3. The van der Waals surface area contributed by atoms with Crippen LogP contribution in [0, 0.1) is 6.92 Å². The maximum absolute atomic E-state index is 6.22. The van der Waals surface area contributed by atoms with Gasteiger partial charge >= 0.3 is 0 Å². The van der Waals surface area contributed by atoms with Crippen LogP contribution in [-0.4, -0.2) is 7.05 Å². The SMILES string of the molecule is CC(c1ccccc1)c1ccccc1.CN.Cc1ccc(-c2cccc(-c3cccc(-c4ccccc4)c3)c2)c2c1oc1ccccc12. The molecule has 0 amide bonds. The molecule has 7 aromatic carbocycles. The van der Waals surface area contributed by atoms with Gasteiger partial charge in [0.05, 0.1) is 0 Å². The van der Waals surface area contributed by atoms with Crippen LogP contribution in [0.1, 0.15) is 29.5 Å². The van der Waals surface area contributed by atoms with Crippen LogP contribution in [0.2, 0.25) is 0 Å². The Labute approximate surface area is 284 Å². The molecule has 0 aliphatic heterocycles. The number of rotatable bonds is 5. The van der Waals surface area contributed by atoms with Crippen molar-refractivity contribution in [3.8, 4) is 33.4 Å². The molecule has 236 valence electrons. The van der Waals surface area contributed by atoms with E-state index in [-0.39, 0.29) is 0 Å². The fourth-order valence-electron chi connectivity index (χ4n) is 6.25. The lowest BCUT2D eigenvalue weighted by Gasteiger charge is -2.11. The summed E-state index contributed by atoms with van der Waals surface area (Å²) in [6.07, 6.45) is 0. The molecule has 0 aliphatic carbocycles. The monoisotopic (exact) mass is 623 g/mol. The molecule has 0 radical (unpaired) electrons. The second kappa shape index (κ2) is 15.3. The van der Waals surface area contributed by atoms with Crippen molar-refractivity contribution in [3.63, 3.8) is 0 Å². The number of furan rings is 1. The summed E-state index contributed by atoms with van der Waals surface area (Å²) in [5, 5.41) is 2.36. The van der Waals surface area contributed by atoms with E-state index in [1.54, 1.807) is 0 Å². The first-order chi connectivity index (χ1) is 23.7. The number of aryl methyl sites for hydroxylation is 1. The van der Waals surface area contributed by atoms with Gasteiger partial charge in [0.1, 0.15) is 11.2 Å². The van der Waals surface area contributed by atoms with Crippen molar-refractivity contribution in [2.24, 2.45) is 5.73 Å². The third kappa shape index (κ3) is 7.00. The van der Waals surface area contributed by atoms with Crippen LogP contribution in [0.15, 0.2) is 180 Å². The molecule has 1 aromatic heterocycles. The standard InChI is InChI=1S/C31H22O.C14H14.CH5N/c1-21-17-18-27(30-28-15-5-6-16-29(28)32-31(21)30)26-14-8-13-25(20-26)24-12-7-11-23(19-24)22-9-3-2-4-10-22;1-12(13-8-4-2-5-9-13)14-10-6-3-7-11-14;1-2/h2-20H,1H3;2-12H,1H3;2H2,1H3. The Morgan fingerprint density at radius 1 is 0.458 bits per heavy atom. The zero-order chi connectivity index (χ0) is 33.3. The van der Waals surface area contributed by atoms with E-state index in [9.17, 15) is 0 Å². The normalized spacial score (nSPS) is 10.7. The molecular formula is C46H41NO. The van der Waals surface area contributed by atoms with E-state index in [0.29, 0.717) is 5.92 Å². The highest BCUT2D eigenvalue weighted by Gasteiger charge is 2.15. The molecule has 2 heteroatoms. The quantitative estimate of drug-likeness (QED) is 0.207. The van der Waals surface area contributed by atoms with Gasteiger partial charge in [-0.3, -0.25) is 0 Å². The fraction of sp³-hybridized carbons (Fsp3) is 0.0870.